The summed E-state index contributed by atoms with van der Waals surface area (Å²) in [5, 5.41) is 5.30. The van der Waals surface area contributed by atoms with E-state index in [4.69, 9.17) is 0 Å². The van der Waals surface area contributed by atoms with Crippen molar-refractivity contribution in [2.75, 3.05) is 5.32 Å². The van der Waals surface area contributed by atoms with Gasteiger partial charge in [0.05, 0.1) is 17.9 Å². The number of hydrogen-bond donors (Lipinski definition) is 3. The van der Waals surface area contributed by atoms with Crippen LogP contribution in [-0.4, -0.2) is 11.0 Å². The molecule has 0 aromatic carbocycles. The predicted molar refractivity (Wildman–Crippen MR) is 36.7 cm³/mol. The number of aromatic nitrogens is 1. The van der Waals surface area contributed by atoms with E-state index in [2.05, 4.69) is 15.6 Å². The highest BCUT2D eigenvalue weighted by Gasteiger charge is 2.12. The summed E-state index contributed by atoms with van der Waals surface area (Å²) in [5.74, 6) is 0. The van der Waals surface area contributed by atoms with Crippen LogP contribution in [0.25, 0.3) is 0 Å². The van der Waals surface area contributed by atoms with Crippen LogP contribution in [0.5, 0.6) is 0 Å². The molecule has 1 aliphatic rings. The van der Waals surface area contributed by atoms with Gasteiger partial charge in [0.15, 0.2) is 0 Å². The van der Waals surface area contributed by atoms with Crippen molar-refractivity contribution in [2.45, 2.75) is 6.54 Å². The van der Waals surface area contributed by atoms with Crippen LogP contribution in [0.1, 0.15) is 5.69 Å². The fourth-order valence-corrected chi connectivity index (χ4v) is 1.00. The summed E-state index contributed by atoms with van der Waals surface area (Å²) in [5.41, 5.74) is 1.91. The molecule has 2 heterocycles. The smallest absolute Gasteiger partial charge is 0.319 e. The Kier molecular flexibility index (Phi) is 0.943. The second-order valence-corrected chi connectivity index (χ2v) is 2.18. The maximum absolute atomic E-state index is 10.7. The van der Waals surface area contributed by atoms with Crippen molar-refractivity contribution in [3.63, 3.8) is 0 Å². The number of fused-ring (bicyclic) bond motifs is 1. The summed E-state index contributed by atoms with van der Waals surface area (Å²) in [4.78, 5) is 13.7. The number of amides is 2. The molecule has 0 saturated carbocycles. The zero-order valence-corrected chi connectivity index (χ0v) is 5.27. The molecule has 4 heteroatoms. The van der Waals surface area contributed by atoms with Crippen molar-refractivity contribution in [3.8, 4) is 0 Å². The SMILES string of the molecule is O=C1NCc2[nH]ccc2N1. The molecule has 0 fully saturated rings. The summed E-state index contributed by atoms with van der Waals surface area (Å²) < 4.78 is 0. The minimum absolute atomic E-state index is 0.132. The van der Waals surface area contributed by atoms with E-state index in [9.17, 15) is 4.79 Å². The lowest BCUT2D eigenvalue weighted by atomic mass is 10.3. The van der Waals surface area contributed by atoms with E-state index >= 15 is 0 Å². The number of aromatic amines is 1. The van der Waals surface area contributed by atoms with E-state index in [-0.39, 0.29) is 6.03 Å². The molecular weight excluding hydrogens is 130 g/mol. The lowest BCUT2D eigenvalue weighted by Crippen LogP contribution is -2.32. The van der Waals surface area contributed by atoms with Crippen molar-refractivity contribution in [1.82, 2.24) is 10.3 Å². The molecule has 10 heavy (non-hydrogen) atoms. The molecule has 0 atom stereocenters. The topological polar surface area (TPSA) is 56.9 Å². The van der Waals surface area contributed by atoms with Crippen LogP contribution in [0.4, 0.5) is 10.5 Å². The molecule has 1 aromatic heterocycles. The Bertz CT molecular complexity index is 266. The molecule has 1 aromatic rings. The third-order valence-electron chi connectivity index (χ3n) is 1.51. The molecule has 0 saturated heterocycles. The largest absolute Gasteiger partial charge is 0.362 e. The van der Waals surface area contributed by atoms with Gasteiger partial charge < -0.3 is 15.6 Å². The zero-order chi connectivity index (χ0) is 6.97. The van der Waals surface area contributed by atoms with E-state index in [1.165, 1.54) is 0 Å². The molecule has 3 N–H and O–H groups in total. The Hall–Kier alpha value is -1.45. The fourth-order valence-electron chi connectivity index (χ4n) is 1.00. The molecule has 4 nitrogen and oxygen atoms in total. The molecule has 1 aliphatic heterocycles. The highest BCUT2D eigenvalue weighted by molar-refractivity contribution is 5.91. The first kappa shape index (κ1) is 5.34. The van der Waals surface area contributed by atoms with Crippen LogP contribution >= 0.6 is 0 Å². The van der Waals surface area contributed by atoms with Crippen LogP contribution in [-0.2, 0) is 6.54 Å². The second-order valence-electron chi connectivity index (χ2n) is 2.18. The molecule has 0 spiro atoms. The van der Waals surface area contributed by atoms with Crippen LogP contribution in [0.2, 0.25) is 0 Å². The third-order valence-corrected chi connectivity index (χ3v) is 1.51. The van der Waals surface area contributed by atoms with Crippen LogP contribution in [0.15, 0.2) is 12.3 Å². The van der Waals surface area contributed by atoms with Crippen molar-refractivity contribution >= 4 is 11.7 Å². The Morgan fingerprint density at radius 1 is 1.50 bits per heavy atom. The summed E-state index contributed by atoms with van der Waals surface area (Å²) in [6, 6.07) is 1.71. The minimum atomic E-state index is -0.132. The van der Waals surface area contributed by atoms with Gasteiger partial charge in [-0.05, 0) is 6.07 Å². The van der Waals surface area contributed by atoms with E-state index in [0.29, 0.717) is 6.54 Å². The second kappa shape index (κ2) is 1.76. The maximum Gasteiger partial charge on any atom is 0.319 e. The highest BCUT2D eigenvalue weighted by Crippen LogP contribution is 2.15. The van der Waals surface area contributed by atoms with Gasteiger partial charge in [0, 0.05) is 6.20 Å². The van der Waals surface area contributed by atoms with Crippen molar-refractivity contribution in [2.24, 2.45) is 0 Å². The Morgan fingerprint density at radius 2 is 2.40 bits per heavy atom. The molecule has 52 valence electrons. The zero-order valence-electron chi connectivity index (χ0n) is 5.27. The molecular formula is C6H7N3O. The van der Waals surface area contributed by atoms with Crippen molar-refractivity contribution in [1.29, 1.82) is 0 Å². The van der Waals surface area contributed by atoms with Crippen LogP contribution < -0.4 is 10.6 Å². The van der Waals surface area contributed by atoms with Gasteiger partial charge in [0.25, 0.3) is 0 Å². The number of hydrogen-bond acceptors (Lipinski definition) is 1. The Labute approximate surface area is 57.6 Å². The average Bonchev–Trinajstić information content (AvgIpc) is 2.33. The normalized spacial score (nSPS) is 15.4. The first-order valence-corrected chi connectivity index (χ1v) is 3.07. The number of carbonyl (C=O) groups is 1. The molecule has 0 aliphatic carbocycles. The average molecular weight is 137 g/mol. The maximum atomic E-state index is 10.7. The molecule has 0 radical (unpaired) electrons. The van der Waals surface area contributed by atoms with Crippen LogP contribution in [0.3, 0.4) is 0 Å². The summed E-state index contributed by atoms with van der Waals surface area (Å²) in [6.07, 6.45) is 1.80. The van der Waals surface area contributed by atoms with Gasteiger partial charge in [-0.3, -0.25) is 0 Å². The number of anilines is 1. The number of rotatable bonds is 0. The van der Waals surface area contributed by atoms with Gasteiger partial charge in [-0.2, -0.15) is 0 Å². The summed E-state index contributed by atoms with van der Waals surface area (Å²) in [7, 11) is 0. The first-order valence-electron chi connectivity index (χ1n) is 3.07. The van der Waals surface area contributed by atoms with Gasteiger partial charge in [-0.15, -0.1) is 0 Å². The summed E-state index contributed by atoms with van der Waals surface area (Å²) >= 11 is 0. The predicted octanol–water partition coefficient (Wildman–Crippen LogP) is 0.650. The summed E-state index contributed by atoms with van der Waals surface area (Å²) in [6.45, 7) is 0.591. The number of H-pyrrole nitrogens is 1. The van der Waals surface area contributed by atoms with Gasteiger partial charge in [0.1, 0.15) is 0 Å². The van der Waals surface area contributed by atoms with Crippen molar-refractivity contribution in [3.05, 3.63) is 18.0 Å². The van der Waals surface area contributed by atoms with E-state index in [1.807, 2.05) is 6.07 Å². The quantitative estimate of drug-likeness (QED) is 0.483. The van der Waals surface area contributed by atoms with Gasteiger partial charge in [0.2, 0.25) is 0 Å². The number of urea groups is 1. The Balaban J connectivity index is 2.39. The standard InChI is InChI=1S/C6H7N3O/c10-6-8-3-5-4(9-6)1-2-7-5/h1-2,7H,3H2,(H2,8,9,10). The monoisotopic (exact) mass is 137 g/mol. The van der Waals surface area contributed by atoms with Gasteiger partial charge in [-0.1, -0.05) is 0 Å². The van der Waals surface area contributed by atoms with E-state index in [1.54, 1.807) is 6.20 Å². The molecule has 2 amide bonds. The lowest BCUT2D eigenvalue weighted by Gasteiger charge is -2.13. The fraction of sp³-hybridized carbons (Fsp3) is 0.167. The molecule has 0 bridgehead atoms. The van der Waals surface area contributed by atoms with E-state index in [0.717, 1.165) is 11.4 Å². The third kappa shape index (κ3) is 0.655. The lowest BCUT2D eigenvalue weighted by molar-refractivity contribution is 0.250. The number of nitrogens with one attached hydrogen (secondary N) is 3. The molecule has 0 unspecified atom stereocenters. The van der Waals surface area contributed by atoms with Gasteiger partial charge in [-0.25, -0.2) is 4.79 Å². The van der Waals surface area contributed by atoms with Crippen molar-refractivity contribution < 1.29 is 4.79 Å². The first-order chi connectivity index (χ1) is 4.86. The van der Waals surface area contributed by atoms with Crippen LogP contribution in [0, 0.1) is 0 Å². The van der Waals surface area contributed by atoms with E-state index < -0.39 is 0 Å². The number of carbonyl (C=O) groups excluding carboxylic acids is 1. The van der Waals surface area contributed by atoms with Gasteiger partial charge >= 0.3 is 6.03 Å². The highest BCUT2D eigenvalue weighted by atomic mass is 16.2. The Morgan fingerprint density at radius 3 is 3.30 bits per heavy atom. The minimum Gasteiger partial charge on any atom is -0.362 e. The molecule has 2 rings (SSSR count).